The second-order valence-electron chi connectivity index (χ2n) is 10.7. The van der Waals surface area contributed by atoms with Crippen molar-refractivity contribution in [2.24, 2.45) is 0 Å². The van der Waals surface area contributed by atoms with Gasteiger partial charge in [-0.3, -0.25) is 9.59 Å². The summed E-state index contributed by atoms with van der Waals surface area (Å²) in [6.45, 7) is 7.90. The van der Waals surface area contributed by atoms with Gasteiger partial charge in [0.15, 0.2) is 6.23 Å². The number of nitrogens with zero attached hydrogens (tertiary/aromatic N) is 3. The lowest BCUT2D eigenvalue weighted by Gasteiger charge is -2.40. The van der Waals surface area contributed by atoms with Crippen molar-refractivity contribution in [3.05, 3.63) is 11.9 Å². The van der Waals surface area contributed by atoms with Gasteiger partial charge in [-0.25, -0.2) is 9.48 Å². The van der Waals surface area contributed by atoms with Gasteiger partial charge < -0.3 is 45.3 Å². The highest BCUT2D eigenvalue weighted by atomic mass is 32.2. The van der Waals surface area contributed by atoms with Crippen molar-refractivity contribution in [1.82, 2.24) is 25.6 Å². The molecule has 6 N–H and O–H groups in total. The SMILES string of the molecule is CC(C)(C)OC(=O)N[C@@H]1C(=O)N[C@@H]1SC(C)(C)CC(=O)OCc1cn([C@@H]2O[C@H](CO)[C@@H](O)[C@H](O)[C@H]2O)nn1. The van der Waals surface area contributed by atoms with Crippen LogP contribution in [0.15, 0.2) is 6.20 Å². The maximum absolute atomic E-state index is 12.5. The van der Waals surface area contributed by atoms with Crippen LogP contribution in [0.25, 0.3) is 0 Å². The molecule has 7 atom stereocenters. The second kappa shape index (κ2) is 11.7. The number of ether oxygens (including phenoxy) is 3. The average Bonchev–Trinajstić information content (AvgIpc) is 3.27. The van der Waals surface area contributed by atoms with Crippen molar-refractivity contribution in [2.45, 2.75) is 100 Å². The van der Waals surface area contributed by atoms with E-state index in [1.165, 1.54) is 18.0 Å². The number of esters is 1. The van der Waals surface area contributed by atoms with Crippen LogP contribution in [0.1, 0.15) is 53.0 Å². The number of rotatable bonds is 9. The highest BCUT2D eigenvalue weighted by Gasteiger charge is 2.46. The minimum absolute atomic E-state index is 0.0238. The predicted molar refractivity (Wildman–Crippen MR) is 130 cm³/mol. The molecule has 3 heterocycles. The number of β-lactam (4-membered cyclic amide) rings is 1. The summed E-state index contributed by atoms with van der Waals surface area (Å²) in [5, 5.41) is 51.8. The van der Waals surface area contributed by atoms with Crippen molar-refractivity contribution >= 4 is 29.7 Å². The van der Waals surface area contributed by atoms with E-state index in [0.29, 0.717) is 0 Å². The Hall–Kier alpha value is -2.50. The van der Waals surface area contributed by atoms with Gasteiger partial charge in [0.05, 0.1) is 19.2 Å². The molecule has 2 amide bonds. The molecule has 1 aromatic heterocycles. The van der Waals surface area contributed by atoms with Gasteiger partial charge in [-0.15, -0.1) is 16.9 Å². The monoisotopic (exact) mass is 561 g/mol. The third-order valence-corrected chi connectivity index (χ3v) is 7.05. The van der Waals surface area contributed by atoms with Crippen molar-refractivity contribution in [3.63, 3.8) is 0 Å². The lowest BCUT2D eigenvalue weighted by Crippen LogP contribution is -2.68. The molecule has 0 aliphatic carbocycles. The van der Waals surface area contributed by atoms with Crippen LogP contribution in [-0.2, 0) is 30.4 Å². The largest absolute Gasteiger partial charge is 0.459 e. The molecule has 2 saturated heterocycles. The van der Waals surface area contributed by atoms with Crippen molar-refractivity contribution in [2.75, 3.05) is 6.61 Å². The highest BCUT2D eigenvalue weighted by Crippen LogP contribution is 2.35. The number of carbonyl (C=O) groups excluding carboxylic acids is 3. The third-order valence-electron chi connectivity index (χ3n) is 5.62. The summed E-state index contributed by atoms with van der Waals surface area (Å²) in [7, 11) is 0. The summed E-state index contributed by atoms with van der Waals surface area (Å²) in [6, 6.07) is -0.803. The van der Waals surface area contributed by atoms with Crippen LogP contribution in [0.2, 0.25) is 0 Å². The van der Waals surface area contributed by atoms with E-state index in [1.54, 1.807) is 34.6 Å². The maximum Gasteiger partial charge on any atom is 0.408 e. The number of aromatic nitrogens is 3. The normalized spacial score (nSPS) is 29.7. The van der Waals surface area contributed by atoms with E-state index in [4.69, 9.17) is 14.2 Å². The van der Waals surface area contributed by atoms with Gasteiger partial charge >= 0.3 is 12.1 Å². The third kappa shape index (κ3) is 7.54. The molecule has 3 rings (SSSR count). The fourth-order valence-corrected chi connectivity index (χ4v) is 5.16. The Kier molecular flexibility index (Phi) is 9.26. The summed E-state index contributed by atoms with van der Waals surface area (Å²) in [4.78, 5) is 36.5. The molecule has 0 bridgehead atoms. The standard InChI is InChI=1S/C22H35N5O10S/c1-21(2,3)37-20(34)23-13-17(33)24-18(13)38-22(4,5)6-12(29)35-9-10-7-27(26-25-10)19-16(32)15(31)14(30)11(8-28)36-19/h7,11,13-16,18-19,28,30-32H,6,8-9H2,1-5H3,(H,23,34)(H,24,33)/t11-,13-,14-,15+,16-,18-,19-/m1/s1. The first-order valence-corrected chi connectivity index (χ1v) is 12.8. The van der Waals surface area contributed by atoms with E-state index in [1.807, 2.05) is 0 Å². The molecule has 1 aromatic rings. The number of amides is 2. The first-order chi connectivity index (χ1) is 17.6. The van der Waals surface area contributed by atoms with Crippen LogP contribution in [0.5, 0.6) is 0 Å². The quantitative estimate of drug-likeness (QED) is 0.150. The van der Waals surface area contributed by atoms with Gasteiger partial charge in [0.25, 0.3) is 0 Å². The predicted octanol–water partition coefficient (Wildman–Crippen LogP) is -1.46. The Bertz CT molecular complexity index is 1010. The molecule has 214 valence electrons. The molecule has 0 radical (unpaired) electrons. The van der Waals surface area contributed by atoms with Crippen molar-refractivity contribution in [3.8, 4) is 0 Å². The van der Waals surface area contributed by atoms with Gasteiger partial charge in [-0.1, -0.05) is 19.1 Å². The van der Waals surface area contributed by atoms with Crippen LogP contribution >= 0.6 is 11.8 Å². The van der Waals surface area contributed by atoms with Gasteiger partial charge in [0.1, 0.15) is 53.7 Å². The van der Waals surface area contributed by atoms with Gasteiger partial charge in [0.2, 0.25) is 5.91 Å². The molecule has 0 saturated carbocycles. The molecule has 15 nitrogen and oxygen atoms in total. The molecular formula is C22H35N5O10S. The zero-order valence-corrected chi connectivity index (χ0v) is 22.5. The molecule has 2 fully saturated rings. The molecule has 0 unspecified atom stereocenters. The molecular weight excluding hydrogens is 526 g/mol. The smallest absolute Gasteiger partial charge is 0.408 e. The second-order valence-corrected chi connectivity index (χ2v) is 12.5. The lowest BCUT2D eigenvalue weighted by atomic mass is 9.98. The van der Waals surface area contributed by atoms with E-state index in [9.17, 15) is 34.8 Å². The van der Waals surface area contributed by atoms with Gasteiger partial charge in [0, 0.05) is 4.75 Å². The van der Waals surface area contributed by atoms with Crippen LogP contribution < -0.4 is 10.6 Å². The number of aliphatic hydroxyl groups excluding tert-OH is 4. The fraction of sp³-hybridized carbons (Fsp3) is 0.773. The number of alkyl carbamates (subject to hydrolysis) is 1. The average molecular weight is 562 g/mol. The van der Waals surface area contributed by atoms with Crippen molar-refractivity contribution < 1.29 is 49.0 Å². The highest BCUT2D eigenvalue weighted by molar-refractivity contribution is 8.01. The Balaban J connectivity index is 1.49. The summed E-state index contributed by atoms with van der Waals surface area (Å²) in [6.07, 6.45) is -6.34. The number of carbonyl (C=O) groups is 3. The summed E-state index contributed by atoms with van der Waals surface area (Å²) in [5.41, 5.74) is -0.482. The van der Waals surface area contributed by atoms with Crippen LogP contribution in [0.3, 0.4) is 0 Å². The van der Waals surface area contributed by atoms with Crippen LogP contribution in [0, 0.1) is 0 Å². The number of hydrogen-bond donors (Lipinski definition) is 6. The summed E-state index contributed by atoms with van der Waals surface area (Å²) >= 11 is 1.29. The number of aliphatic hydroxyl groups is 4. The first-order valence-electron chi connectivity index (χ1n) is 11.9. The summed E-state index contributed by atoms with van der Waals surface area (Å²) < 4.78 is 16.3. The van der Waals surface area contributed by atoms with E-state index in [0.717, 1.165) is 4.68 Å². The minimum atomic E-state index is -1.57. The Morgan fingerprint density at radius 1 is 1.18 bits per heavy atom. The zero-order valence-electron chi connectivity index (χ0n) is 21.7. The number of nitrogens with one attached hydrogen (secondary N) is 2. The molecule has 16 heteroatoms. The van der Waals surface area contributed by atoms with Gasteiger partial charge in [-0.05, 0) is 20.8 Å². The molecule has 2 aliphatic rings. The first kappa shape index (κ1) is 30.0. The Labute approximate surface area is 223 Å². The van der Waals surface area contributed by atoms with Crippen molar-refractivity contribution in [1.29, 1.82) is 0 Å². The zero-order chi connectivity index (χ0) is 28.4. The Morgan fingerprint density at radius 3 is 2.47 bits per heavy atom. The fourth-order valence-electron chi connectivity index (χ4n) is 3.77. The lowest BCUT2D eigenvalue weighted by molar-refractivity contribution is -0.254. The summed E-state index contributed by atoms with van der Waals surface area (Å²) in [5.74, 6) is -0.901. The topological polar surface area (TPSA) is 215 Å². The van der Waals surface area contributed by atoms with E-state index >= 15 is 0 Å². The van der Waals surface area contributed by atoms with Gasteiger partial charge in [-0.2, -0.15) is 0 Å². The van der Waals surface area contributed by atoms with Crippen LogP contribution in [-0.4, -0.2) is 106 Å². The van der Waals surface area contributed by atoms with E-state index in [2.05, 4.69) is 20.9 Å². The molecule has 2 aliphatic heterocycles. The van der Waals surface area contributed by atoms with Crippen LogP contribution in [0.4, 0.5) is 4.79 Å². The number of hydrogen-bond acceptors (Lipinski definition) is 13. The maximum atomic E-state index is 12.5. The Morgan fingerprint density at radius 2 is 1.87 bits per heavy atom. The number of thioether (sulfide) groups is 1. The molecule has 38 heavy (non-hydrogen) atoms. The van der Waals surface area contributed by atoms with E-state index < -0.39 is 71.1 Å². The molecule has 0 aromatic carbocycles. The minimum Gasteiger partial charge on any atom is -0.459 e. The molecule has 0 spiro atoms. The van der Waals surface area contributed by atoms with E-state index in [-0.39, 0.29) is 24.6 Å².